The Balaban J connectivity index is 1.17. The van der Waals surface area contributed by atoms with Crippen molar-refractivity contribution in [3.8, 4) is 0 Å². The average Bonchev–Trinajstić information content (AvgIpc) is 2.84. The molecule has 1 aromatic heterocycles. The van der Waals surface area contributed by atoms with Gasteiger partial charge in [0, 0.05) is 38.8 Å². The van der Waals surface area contributed by atoms with Crippen LogP contribution in [-0.2, 0) is 6.54 Å². The molecular weight excluding hydrogens is 445 g/mol. The molecule has 0 saturated carbocycles. The van der Waals surface area contributed by atoms with E-state index in [1.54, 1.807) is 9.80 Å². The van der Waals surface area contributed by atoms with Crippen molar-refractivity contribution in [2.75, 3.05) is 44.2 Å². The molecule has 0 aliphatic carbocycles. The first-order valence-corrected chi connectivity index (χ1v) is 11.8. The van der Waals surface area contributed by atoms with Gasteiger partial charge in [-0.25, -0.2) is 4.79 Å². The minimum Gasteiger partial charge on any atom is -0.338 e. The van der Waals surface area contributed by atoms with E-state index in [0.717, 1.165) is 38.9 Å². The highest BCUT2D eigenvalue weighted by Crippen LogP contribution is 2.22. The second kappa shape index (κ2) is 11.0. The molecule has 1 aromatic carbocycles. The Morgan fingerprint density at radius 1 is 1.03 bits per heavy atom. The number of rotatable bonds is 6. The number of piperidine rings is 1. The Morgan fingerprint density at radius 2 is 1.71 bits per heavy atom. The third-order valence-electron chi connectivity index (χ3n) is 6.71. The van der Waals surface area contributed by atoms with Crippen LogP contribution in [0.4, 0.5) is 23.9 Å². The Hall–Kier alpha value is -2.88. The summed E-state index contributed by atoms with van der Waals surface area (Å²) >= 11 is 0. The van der Waals surface area contributed by atoms with Crippen LogP contribution in [0.5, 0.6) is 0 Å². The number of amides is 2. The minimum absolute atomic E-state index is 0.147. The lowest BCUT2D eigenvalue weighted by Crippen LogP contribution is -2.57. The van der Waals surface area contributed by atoms with Crippen molar-refractivity contribution in [3.05, 3.63) is 53.6 Å². The predicted molar refractivity (Wildman–Crippen MR) is 123 cm³/mol. The number of hydrogen-bond donors (Lipinski definition) is 1. The van der Waals surface area contributed by atoms with E-state index < -0.39 is 17.7 Å². The van der Waals surface area contributed by atoms with Gasteiger partial charge in [0.25, 0.3) is 11.9 Å². The average molecular weight is 477 g/mol. The largest absolute Gasteiger partial charge is 0.338 e. The number of halogens is 3. The number of nitrogens with zero attached hydrogens (tertiary/aromatic N) is 5. The molecule has 0 radical (unpaired) electrons. The van der Waals surface area contributed by atoms with E-state index in [4.69, 9.17) is 0 Å². The molecule has 0 bridgehead atoms. The summed E-state index contributed by atoms with van der Waals surface area (Å²) in [6.45, 7) is 6.56. The highest BCUT2D eigenvalue weighted by atomic mass is 19.2. The van der Waals surface area contributed by atoms with Crippen LogP contribution in [0.3, 0.4) is 0 Å². The lowest BCUT2D eigenvalue weighted by molar-refractivity contribution is 0.162. The quantitative estimate of drug-likeness (QED) is 0.648. The number of benzene rings is 1. The summed E-state index contributed by atoms with van der Waals surface area (Å²) in [7, 11) is 0. The third kappa shape index (κ3) is 5.97. The molecule has 2 aliphatic rings. The molecule has 2 aromatic rings. The molecule has 1 atom stereocenters. The number of piperazine rings is 1. The summed E-state index contributed by atoms with van der Waals surface area (Å²) < 4.78 is 40.0. The molecule has 184 valence electrons. The highest BCUT2D eigenvalue weighted by Gasteiger charge is 2.30. The molecule has 4 rings (SSSR count). The summed E-state index contributed by atoms with van der Waals surface area (Å²) in [5, 5.41) is 3.02. The second-order valence-corrected chi connectivity index (χ2v) is 9.13. The number of nitrogens with one attached hydrogen (secondary N) is 1. The van der Waals surface area contributed by atoms with Crippen LogP contribution < -0.4 is 10.2 Å². The maximum atomic E-state index is 13.4. The molecule has 0 unspecified atom stereocenters. The van der Waals surface area contributed by atoms with E-state index in [0.29, 0.717) is 32.1 Å². The molecule has 34 heavy (non-hydrogen) atoms. The molecule has 7 nitrogen and oxygen atoms in total. The van der Waals surface area contributed by atoms with Crippen molar-refractivity contribution in [1.82, 2.24) is 25.1 Å². The number of aromatic nitrogens is 2. The van der Waals surface area contributed by atoms with Gasteiger partial charge < -0.3 is 15.1 Å². The van der Waals surface area contributed by atoms with Gasteiger partial charge in [-0.1, -0.05) is 30.3 Å². The van der Waals surface area contributed by atoms with Crippen LogP contribution in [0.1, 0.15) is 31.7 Å². The number of anilines is 1. The standard InChI is InChI=1S/C24H31F3N6O/c1-17-15-32(23-29-21(26)20(25)22(27)30-23)13-14-33(17)24(34)28-10-7-18-8-11-31(12-9-18)16-19-5-3-2-4-6-19/h2-6,17-18H,7-16H2,1H3,(H,28,34)/t17-/m1/s1. The van der Waals surface area contributed by atoms with Gasteiger partial charge >= 0.3 is 6.03 Å². The van der Waals surface area contributed by atoms with Crippen molar-refractivity contribution >= 4 is 12.0 Å². The van der Waals surface area contributed by atoms with Crippen LogP contribution in [0.2, 0.25) is 0 Å². The van der Waals surface area contributed by atoms with E-state index in [-0.39, 0.29) is 18.0 Å². The smallest absolute Gasteiger partial charge is 0.317 e. The maximum Gasteiger partial charge on any atom is 0.317 e. The molecule has 2 aliphatic heterocycles. The fourth-order valence-corrected chi connectivity index (χ4v) is 4.73. The maximum absolute atomic E-state index is 13.4. The van der Waals surface area contributed by atoms with Gasteiger partial charge in [0.2, 0.25) is 11.8 Å². The van der Waals surface area contributed by atoms with Gasteiger partial charge in [-0.2, -0.15) is 23.1 Å². The molecule has 2 fully saturated rings. The van der Waals surface area contributed by atoms with Crippen molar-refractivity contribution < 1.29 is 18.0 Å². The van der Waals surface area contributed by atoms with Crippen LogP contribution in [0.15, 0.2) is 30.3 Å². The third-order valence-corrected chi connectivity index (χ3v) is 6.71. The molecule has 2 amide bonds. The number of carbonyl (C=O) groups excluding carboxylic acids is 1. The molecule has 10 heteroatoms. The zero-order chi connectivity index (χ0) is 24.1. The fourth-order valence-electron chi connectivity index (χ4n) is 4.73. The van der Waals surface area contributed by atoms with E-state index in [9.17, 15) is 18.0 Å². The number of likely N-dealkylation sites (tertiary alicyclic amines) is 1. The van der Waals surface area contributed by atoms with Crippen molar-refractivity contribution in [3.63, 3.8) is 0 Å². The summed E-state index contributed by atoms with van der Waals surface area (Å²) in [5.74, 6) is -4.32. The van der Waals surface area contributed by atoms with Crippen molar-refractivity contribution in [2.45, 2.75) is 38.8 Å². The van der Waals surface area contributed by atoms with Crippen LogP contribution in [0.25, 0.3) is 0 Å². The fraction of sp³-hybridized carbons (Fsp3) is 0.542. The number of hydrogen-bond acceptors (Lipinski definition) is 5. The molecule has 1 N–H and O–H groups in total. The van der Waals surface area contributed by atoms with Crippen molar-refractivity contribution in [2.24, 2.45) is 5.92 Å². The zero-order valence-electron chi connectivity index (χ0n) is 19.4. The normalized spacial score (nSPS) is 19.9. The predicted octanol–water partition coefficient (Wildman–Crippen LogP) is 3.42. The lowest BCUT2D eigenvalue weighted by Gasteiger charge is -2.39. The zero-order valence-corrected chi connectivity index (χ0v) is 19.4. The Bertz CT molecular complexity index is 947. The number of carbonyl (C=O) groups is 1. The van der Waals surface area contributed by atoms with Crippen molar-refractivity contribution in [1.29, 1.82) is 0 Å². The van der Waals surface area contributed by atoms with E-state index in [1.807, 2.05) is 13.0 Å². The summed E-state index contributed by atoms with van der Waals surface area (Å²) in [6.07, 6.45) is 3.20. The Kier molecular flexibility index (Phi) is 7.87. The Morgan fingerprint density at radius 3 is 2.35 bits per heavy atom. The van der Waals surface area contributed by atoms with Crippen LogP contribution in [0, 0.1) is 23.6 Å². The minimum atomic E-state index is -1.68. The number of urea groups is 1. The molecule has 2 saturated heterocycles. The van der Waals surface area contributed by atoms with E-state index in [1.165, 1.54) is 5.56 Å². The summed E-state index contributed by atoms with van der Waals surface area (Å²) in [5.41, 5.74) is 1.34. The van der Waals surface area contributed by atoms with E-state index >= 15 is 0 Å². The van der Waals surface area contributed by atoms with Gasteiger partial charge in [0.15, 0.2) is 0 Å². The molecule has 0 spiro atoms. The van der Waals surface area contributed by atoms with Gasteiger partial charge in [-0.15, -0.1) is 0 Å². The topological polar surface area (TPSA) is 64.6 Å². The van der Waals surface area contributed by atoms with Gasteiger partial charge in [-0.05, 0) is 50.8 Å². The Labute approximate surface area is 198 Å². The summed E-state index contributed by atoms with van der Waals surface area (Å²) in [4.78, 5) is 25.2. The van der Waals surface area contributed by atoms with Gasteiger partial charge in [0.05, 0.1) is 0 Å². The first-order chi connectivity index (χ1) is 16.4. The SMILES string of the molecule is C[C@@H]1CN(c2nc(F)c(F)c(F)n2)CCN1C(=O)NCCC1CCN(Cc2ccccc2)CC1. The first-order valence-electron chi connectivity index (χ1n) is 11.8. The second-order valence-electron chi connectivity index (χ2n) is 9.13. The molecular formula is C24H31F3N6O. The molecule has 3 heterocycles. The summed E-state index contributed by atoms with van der Waals surface area (Å²) in [6, 6.07) is 10.1. The monoisotopic (exact) mass is 476 g/mol. The van der Waals surface area contributed by atoms with Gasteiger partial charge in [-0.3, -0.25) is 4.90 Å². The van der Waals surface area contributed by atoms with E-state index in [2.05, 4.69) is 44.5 Å². The van der Waals surface area contributed by atoms with Crippen LogP contribution in [-0.4, -0.2) is 71.1 Å². The van der Waals surface area contributed by atoms with Gasteiger partial charge in [0.1, 0.15) is 0 Å². The van der Waals surface area contributed by atoms with Crippen LogP contribution >= 0.6 is 0 Å². The lowest BCUT2D eigenvalue weighted by atomic mass is 9.93. The highest BCUT2D eigenvalue weighted by molar-refractivity contribution is 5.74. The first kappa shape index (κ1) is 24.3.